The molecule has 2 aliphatic rings. The summed E-state index contributed by atoms with van der Waals surface area (Å²) >= 11 is 0. The second-order valence-corrected chi connectivity index (χ2v) is 6.88. The molecular formula is C21H24O4. The molecule has 2 aromatic carbocycles. The van der Waals surface area contributed by atoms with Gasteiger partial charge in [0, 0.05) is 18.9 Å². The van der Waals surface area contributed by atoms with E-state index in [0.29, 0.717) is 37.2 Å². The molecule has 2 aromatic rings. The van der Waals surface area contributed by atoms with E-state index in [1.165, 1.54) is 0 Å². The standard InChI is InChI=1S/C21H24O4/c22-20-14-18(23-15-16-4-2-1-3-5-16)6-7-19(20)17-8-10-21(11-9-17)24-12-13-25-21/h1-7,14,17,22H,8-13,15H2. The fraction of sp³-hybridized carbons (Fsp3) is 0.429. The number of phenolic OH excluding ortho intramolecular Hbond substituents is 1. The maximum absolute atomic E-state index is 10.5. The molecule has 4 nitrogen and oxygen atoms in total. The van der Waals surface area contributed by atoms with Gasteiger partial charge in [-0.3, -0.25) is 0 Å². The van der Waals surface area contributed by atoms with E-state index >= 15 is 0 Å². The molecule has 1 saturated heterocycles. The summed E-state index contributed by atoms with van der Waals surface area (Å²) in [5.74, 6) is 1.01. The van der Waals surface area contributed by atoms with E-state index in [2.05, 4.69) is 0 Å². The van der Waals surface area contributed by atoms with Crippen LogP contribution in [0.5, 0.6) is 11.5 Å². The van der Waals surface area contributed by atoms with E-state index in [4.69, 9.17) is 14.2 Å². The molecule has 0 atom stereocenters. The zero-order valence-corrected chi connectivity index (χ0v) is 14.3. The van der Waals surface area contributed by atoms with Crippen molar-refractivity contribution in [3.8, 4) is 11.5 Å². The quantitative estimate of drug-likeness (QED) is 0.898. The lowest BCUT2D eigenvalue weighted by Crippen LogP contribution is -2.34. The Morgan fingerprint density at radius 1 is 1.00 bits per heavy atom. The lowest BCUT2D eigenvalue weighted by molar-refractivity contribution is -0.178. The van der Waals surface area contributed by atoms with Gasteiger partial charge in [0.1, 0.15) is 18.1 Å². The first kappa shape index (κ1) is 16.4. The van der Waals surface area contributed by atoms with Crippen LogP contribution in [-0.2, 0) is 16.1 Å². The summed E-state index contributed by atoms with van der Waals surface area (Å²) < 4.78 is 17.4. The van der Waals surface area contributed by atoms with Gasteiger partial charge in [-0.25, -0.2) is 0 Å². The van der Waals surface area contributed by atoms with Crippen LogP contribution < -0.4 is 4.74 Å². The molecule has 0 amide bonds. The van der Waals surface area contributed by atoms with E-state index in [1.54, 1.807) is 6.07 Å². The molecule has 1 saturated carbocycles. The molecule has 1 N–H and O–H groups in total. The van der Waals surface area contributed by atoms with Crippen molar-refractivity contribution in [2.24, 2.45) is 0 Å². The minimum absolute atomic E-state index is 0.319. The molecule has 1 heterocycles. The SMILES string of the molecule is Oc1cc(OCc2ccccc2)ccc1C1CCC2(CC1)OCCO2. The van der Waals surface area contributed by atoms with Crippen molar-refractivity contribution in [3.63, 3.8) is 0 Å². The summed E-state index contributed by atoms with van der Waals surface area (Å²) in [6, 6.07) is 15.7. The number of hydrogen-bond donors (Lipinski definition) is 1. The first-order valence-electron chi connectivity index (χ1n) is 9.02. The van der Waals surface area contributed by atoms with Crippen molar-refractivity contribution < 1.29 is 19.3 Å². The highest BCUT2D eigenvalue weighted by atomic mass is 16.7. The topological polar surface area (TPSA) is 47.9 Å². The minimum atomic E-state index is -0.356. The molecule has 132 valence electrons. The molecule has 25 heavy (non-hydrogen) atoms. The first-order valence-corrected chi connectivity index (χ1v) is 9.02. The Morgan fingerprint density at radius 2 is 1.72 bits per heavy atom. The normalized spacial score (nSPS) is 20.0. The number of phenols is 1. The first-order chi connectivity index (χ1) is 12.2. The smallest absolute Gasteiger partial charge is 0.168 e. The van der Waals surface area contributed by atoms with Crippen LogP contribution in [0.4, 0.5) is 0 Å². The number of hydrogen-bond acceptors (Lipinski definition) is 4. The molecule has 0 bridgehead atoms. The van der Waals surface area contributed by atoms with Crippen molar-refractivity contribution in [1.82, 2.24) is 0 Å². The van der Waals surface area contributed by atoms with E-state index in [0.717, 1.165) is 36.8 Å². The summed E-state index contributed by atoms with van der Waals surface area (Å²) in [6.07, 6.45) is 3.72. The summed E-state index contributed by atoms with van der Waals surface area (Å²) in [5.41, 5.74) is 2.11. The highest BCUT2D eigenvalue weighted by molar-refractivity contribution is 5.42. The molecule has 1 aliphatic heterocycles. The third kappa shape index (κ3) is 3.65. The van der Waals surface area contributed by atoms with Crippen LogP contribution in [0.25, 0.3) is 0 Å². The van der Waals surface area contributed by atoms with Gasteiger partial charge in [-0.05, 0) is 36.0 Å². The van der Waals surface area contributed by atoms with Crippen LogP contribution in [0, 0.1) is 0 Å². The van der Waals surface area contributed by atoms with Crippen molar-refractivity contribution >= 4 is 0 Å². The van der Waals surface area contributed by atoms with Gasteiger partial charge in [-0.2, -0.15) is 0 Å². The lowest BCUT2D eigenvalue weighted by atomic mass is 9.80. The monoisotopic (exact) mass is 340 g/mol. The van der Waals surface area contributed by atoms with Gasteiger partial charge in [0.05, 0.1) is 13.2 Å². The zero-order chi connectivity index (χ0) is 17.1. The Morgan fingerprint density at radius 3 is 2.40 bits per heavy atom. The molecule has 0 radical (unpaired) electrons. The third-order valence-electron chi connectivity index (χ3n) is 5.25. The Bertz CT molecular complexity index is 697. The van der Waals surface area contributed by atoms with E-state index in [1.807, 2.05) is 42.5 Å². The largest absolute Gasteiger partial charge is 0.508 e. The number of benzene rings is 2. The molecule has 4 rings (SSSR count). The van der Waals surface area contributed by atoms with Gasteiger partial charge < -0.3 is 19.3 Å². The molecule has 0 aromatic heterocycles. The van der Waals surface area contributed by atoms with Crippen molar-refractivity contribution in [2.75, 3.05) is 13.2 Å². The maximum atomic E-state index is 10.5. The Balaban J connectivity index is 1.38. The van der Waals surface area contributed by atoms with E-state index < -0.39 is 0 Å². The van der Waals surface area contributed by atoms with Crippen LogP contribution in [-0.4, -0.2) is 24.1 Å². The van der Waals surface area contributed by atoms with Crippen LogP contribution in [0.15, 0.2) is 48.5 Å². The summed E-state index contributed by atoms with van der Waals surface area (Å²) in [6.45, 7) is 1.90. The Hall–Kier alpha value is -2.04. The number of rotatable bonds is 4. The number of ether oxygens (including phenoxy) is 3. The maximum Gasteiger partial charge on any atom is 0.168 e. The predicted molar refractivity (Wildman–Crippen MR) is 94.7 cm³/mol. The average Bonchev–Trinajstić information content (AvgIpc) is 3.10. The summed E-state index contributed by atoms with van der Waals surface area (Å²) in [5, 5.41) is 10.5. The predicted octanol–water partition coefficient (Wildman–Crippen LogP) is 4.37. The van der Waals surface area contributed by atoms with Crippen molar-refractivity contribution in [2.45, 2.75) is 44.0 Å². The third-order valence-corrected chi connectivity index (χ3v) is 5.25. The zero-order valence-electron chi connectivity index (χ0n) is 14.3. The summed E-state index contributed by atoms with van der Waals surface area (Å²) in [7, 11) is 0. The lowest BCUT2D eigenvalue weighted by Gasteiger charge is -2.35. The van der Waals surface area contributed by atoms with Crippen molar-refractivity contribution in [3.05, 3.63) is 59.7 Å². The highest BCUT2D eigenvalue weighted by Crippen LogP contribution is 2.44. The molecule has 4 heteroatoms. The van der Waals surface area contributed by atoms with Crippen LogP contribution in [0.2, 0.25) is 0 Å². The fourth-order valence-electron chi connectivity index (χ4n) is 3.85. The van der Waals surface area contributed by atoms with Crippen LogP contribution in [0.1, 0.15) is 42.7 Å². The molecule has 0 unspecified atom stereocenters. The van der Waals surface area contributed by atoms with Gasteiger partial charge in [0.15, 0.2) is 5.79 Å². The van der Waals surface area contributed by atoms with Crippen LogP contribution in [0.3, 0.4) is 0 Å². The Labute approximate surface area is 148 Å². The van der Waals surface area contributed by atoms with Gasteiger partial charge in [0.25, 0.3) is 0 Å². The van der Waals surface area contributed by atoms with Crippen molar-refractivity contribution in [1.29, 1.82) is 0 Å². The second-order valence-electron chi connectivity index (χ2n) is 6.88. The molecule has 2 fully saturated rings. The summed E-state index contributed by atoms with van der Waals surface area (Å²) in [4.78, 5) is 0. The van der Waals surface area contributed by atoms with Gasteiger partial charge in [-0.1, -0.05) is 36.4 Å². The van der Waals surface area contributed by atoms with Crippen LogP contribution >= 0.6 is 0 Å². The van der Waals surface area contributed by atoms with E-state index in [9.17, 15) is 5.11 Å². The fourth-order valence-corrected chi connectivity index (χ4v) is 3.85. The molecule has 1 aliphatic carbocycles. The highest BCUT2D eigenvalue weighted by Gasteiger charge is 2.40. The van der Waals surface area contributed by atoms with Gasteiger partial charge in [0.2, 0.25) is 0 Å². The van der Waals surface area contributed by atoms with E-state index in [-0.39, 0.29) is 5.79 Å². The molecule has 1 spiro atoms. The minimum Gasteiger partial charge on any atom is -0.508 e. The Kier molecular flexibility index (Phi) is 4.64. The van der Waals surface area contributed by atoms with Gasteiger partial charge >= 0.3 is 0 Å². The average molecular weight is 340 g/mol. The second kappa shape index (κ2) is 7.06. The number of aromatic hydroxyl groups is 1. The molecular weight excluding hydrogens is 316 g/mol. The van der Waals surface area contributed by atoms with Gasteiger partial charge in [-0.15, -0.1) is 0 Å².